The summed E-state index contributed by atoms with van der Waals surface area (Å²) in [5.41, 5.74) is 1.59. The summed E-state index contributed by atoms with van der Waals surface area (Å²) in [6.07, 6.45) is 0.818. The first-order valence-electron chi connectivity index (χ1n) is 4.30. The van der Waals surface area contributed by atoms with Gasteiger partial charge in [-0.1, -0.05) is 0 Å². The van der Waals surface area contributed by atoms with Crippen molar-refractivity contribution >= 4 is 17.9 Å². The van der Waals surface area contributed by atoms with Crippen LogP contribution in [0.3, 0.4) is 0 Å². The normalized spacial score (nSPS) is 14.9. The van der Waals surface area contributed by atoms with Gasteiger partial charge in [0, 0.05) is 12.5 Å². The summed E-state index contributed by atoms with van der Waals surface area (Å²) in [6.45, 7) is 2.24. The summed E-state index contributed by atoms with van der Waals surface area (Å²) in [7, 11) is 0. The molecule has 1 aromatic carbocycles. The number of ether oxygens (including phenoxy) is 1. The highest BCUT2D eigenvalue weighted by Crippen LogP contribution is 2.18. The minimum atomic E-state index is 0.437. The van der Waals surface area contributed by atoms with Crippen molar-refractivity contribution in [2.75, 3.05) is 11.7 Å². The molecule has 4 nitrogen and oxygen atoms in total. The van der Waals surface area contributed by atoms with Crippen LogP contribution in [0.5, 0.6) is 0 Å². The van der Waals surface area contributed by atoms with Crippen LogP contribution in [-0.2, 0) is 4.74 Å². The SMILES string of the molecule is CC1=NN(c2ccc(C=O)cc2)CO1. The molecule has 1 aliphatic rings. The van der Waals surface area contributed by atoms with Gasteiger partial charge < -0.3 is 4.74 Å². The van der Waals surface area contributed by atoms with Crippen molar-refractivity contribution in [3.05, 3.63) is 29.8 Å². The molecule has 0 saturated heterocycles. The Morgan fingerprint density at radius 3 is 2.64 bits per heavy atom. The maximum Gasteiger partial charge on any atom is 0.205 e. The van der Waals surface area contributed by atoms with Crippen molar-refractivity contribution in [1.82, 2.24) is 0 Å². The lowest BCUT2D eigenvalue weighted by Crippen LogP contribution is -2.12. The van der Waals surface area contributed by atoms with Crippen molar-refractivity contribution < 1.29 is 9.53 Å². The molecule has 72 valence electrons. The van der Waals surface area contributed by atoms with E-state index in [1.807, 2.05) is 12.1 Å². The summed E-state index contributed by atoms with van der Waals surface area (Å²) in [6, 6.07) is 7.20. The van der Waals surface area contributed by atoms with E-state index in [-0.39, 0.29) is 0 Å². The zero-order valence-electron chi connectivity index (χ0n) is 7.80. The molecule has 0 N–H and O–H groups in total. The van der Waals surface area contributed by atoms with Gasteiger partial charge in [-0.05, 0) is 24.3 Å². The van der Waals surface area contributed by atoms with Gasteiger partial charge >= 0.3 is 0 Å². The van der Waals surface area contributed by atoms with Crippen LogP contribution in [0.4, 0.5) is 5.69 Å². The Bertz CT molecular complexity index is 370. The number of carbonyl (C=O) groups is 1. The Balaban J connectivity index is 2.21. The lowest BCUT2D eigenvalue weighted by atomic mass is 10.2. The van der Waals surface area contributed by atoms with Gasteiger partial charge in [-0.3, -0.25) is 4.79 Å². The molecule has 14 heavy (non-hydrogen) atoms. The Labute approximate surface area is 81.8 Å². The minimum Gasteiger partial charge on any atom is -0.457 e. The first-order chi connectivity index (χ1) is 6.79. The smallest absolute Gasteiger partial charge is 0.205 e. The molecule has 0 aromatic heterocycles. The van der Waals surface area contributed by atoms with Crippen molar-refractivity contribution in [3.63, 3.8) is 0 Å². The quantitative estimate of drug-likeness (QED) is 0.665. The molecule has 0 unspecified atom stereocenters. The third-order valence-electron chi connectivity index (χ3n) is 1.98. The number of benzene rings is 1. The molecule has 1 aromatic rings. The van der Waals surface area contributed by atoms with E-state index in [0.29, 0.717) is 18.2 Å². The van der Waals surface area contributed by atoms with Crippen LogP contribution in [-0.4, -0.2) is 18.9 Å². The Morgan fingerprint density at radius 2 is 2.14 bits per heavy atom. The van der Waals surface area contributed by atoms with E-state index in [1.165, 1.54) is 0 Å². The average molecular weight is 190 g/mol. The van der Waals surface area contributed by atoms with E-state index >= 15 is 0 Å². The molecule has 0 aliphatic carbocycles. The molecule has 2 rings (SSSR count). The molecule has 1 aliphatic heterocycles. The number of rotatable bonds is 2. The van der Waals surface area contributed by atoms with Gasteiger partial charge in [0.1, 0.15) is 6.29 Å². The number of hydrazone groups is 1. The molecule has 0 bridgehead atoms. The molecule has 1 heterocycles. The van der Waals surface area contributed by atoms with Crippen LogP contribution in [0.2, 0.25) is 0 Å². The molecule has 0 amide bonds. The number of aldehydes is 1. The number of hydrogen-bond acceptors (Lipinski definition) is 4. The first kappa shape index (κ1) is 8.74. The molecule has 4 heteroatoms. The van der Waals surface area contributed by atoms with Gasteiger partial charge in [-0.25, -0.2) is 5.01 Å². The van der Waals surface area contributed by atoms with E-state index in [0.717, 1.165) is 12.0 Å². The first-order valence-corrected chi connectivity index (χ1v) is 4.30. The number of anilines is 1. The van der Waals surface area contributed by atoms with Crippen molar-refractivity contribution in [2.45, 2.75) is 6.92 Å². The highest BCUT2D eigenvalue weighted by atomic mass is 16.5. The van der Waals surface area contributed by atoms with Crippen molar-refractivity contribution in [3.8, 4) is 0 Å². The van der Waals surface area contributed by atoms with Crippen molar-refractivity contribution in [2.24, 2.45) is 5.10 Å². The third-order valence-corrected chi connectivity index (χ3v) is 1.98. The second-order valence-corrected chi connectivity index (χ2v) is 3.00. The zero-order chi connectivity index (χ0) is 9.97. The summed E-state index contributed by atoms with van der Waals surface area (Å²) >= 11 is 0. The van der Waals surface area contributed by atoms with E-state index in [9.17, 15) is 4.79 Å². The lowest BCUT2D eigenvalue weighted by molar-refractivity contribution is 0.112. The number of hydrogen-bond donors (Lipinski definition) is 0. The van der Waals surface area contributed by atoms with Gasteiger partial charge in [0.2, 0.25) is 5.90 Å². The van der Waals surface area contributed by atoms with Crippen LogP contribution >= 0.6 is 0 Å². The van der Waals surface area contributed by atoms with Gasteiger partial charge in [0.15, 0.2) is 6.73 Å². The summed E-state index contributed by atoms with van der Waals surface area (Å²) in [5.74, 6) is 0.657. The third kappa shape index (κ3) is 1.59. The predicted molar refractivity (Wildman–Crippen MR) is 53.4 cm³/mol. The largest absolute Gasteiger partial charge is 0.457 e. The fraction of sp³-hybridized carbons (Fsp3) is 0.200. The second-order valence-electron chi connectivity index (χ2n) is 3.00. The molecule has 0 radical (unpaired) electrons. The van der Waals surface area contributed by atoms with Gasteiger partial charge in [-0.15, -0.1) is 5.10 Å². The van der Waals surface area contributed by atoms with E-state index in [2.05, 4.69) is 5.10 Å². The Kier molecular flexibility index (Phi) is 2.18. The number of carbonyl (C=O) groups excluding carboxylic acids is 1. The van der Waals surface area contributed by atoms with Crippen molar-refractivity contribution in [1.29, 1.82) is 0 Å². The van der Waals surface area contributed by atoms with E-state index in [4.69, 9.17) is 4.74 Å². The number of nitrogens with zero attached hydrogens (tertiary/aromatic N) is 2. The minimum absolute atomic E-state index is 0.437. The fourth-order valence-electron chi connectivity index (χ4n) is 1.24. The second kappa shape index (κ2) is 3.49. The van der Waals surface area contributed by atoms with Crippen LogP contribution in [0.1, 0.15) is 17.3 Å². The fourth-order valence-corrected chi connectivity index (χ4v) is 1.24. The van der Waals surface area contributed by atoms with Crippen LogP contribution < -0.4 is 5.01 Å². The summed E-state index contributed by atoms with van der Waals surface area (Å²) in [4.78, 5) is 10.4. The zero-order valence-corrected chi connectivity index (χ0v) is 7.80. The molecular formula is C10H10N2O2. The van der Waals surface area contributed by atoms with Gasteiger partial charge in [0.25, 0.3) is 0 Å². The molecular weight excluding hydrogens is 180 g/mol. The highest BCUT2D eigenvalue weighted by Gasteiger charge is 2.12. The van der Waals surface area contributed by atoms with E-state index in [1.54, 1.807) is 24.1 Å². The maximum absolute atomic E-state index is 10.4. The Morgan fingerprint density at radius 1 is 1.43 bits per heavy atom. The monoisotopic (exact) mass is 190 g/mol. The van der Waals surface area contributed by atoms with Crippen LogP contribution in [0.25, 0.3) is 0 Å². The summed E-state index contributed by atoms with van der Waals surface area (Å²) in [5, 5.41) is 5.89. The Hall–Kier alpha value is -1.84. The van der Waals surface area contributed by atoms with Crippen LogP contribution in [0, 0.1) is 0 Å². The standard InChI is InChI=1S/C10H10N2O2/c1-8-11-12(7-14-8)10-4-2-9(6-13)3-5-10/h2-6H,7H2,1H3. The highest BCUT2D eigenvalue weighted by molar-refractivity contribution is 5.78. The molecule has 0 fully saturated rings. The topological polar surface area (TPSA) is 41.9 Å². The van der Waals surface area contributed by atoms with Gasteiger partial charge in [-0.2, -0.15) is 0 Å². The molecule has 0 saturated carbocycles. The molecule has 0 atom stereocenters. The van der Waals surface area contributed by atoms with E-state index < -0.39 is 0 Å². The summed E-state index contributed by atoms with van der Waals surface area (Å²) < 4.78 is 5.18. The van der Waals surface area contributed by atoms with Crippen LogP contribution in [0.15, 0.2) is 29.4 Å². The lowest BCUT2D eigenvalue weighted by Gasteiger charge is -2.10. The predicted octanol–water partition coefficient (Wildman–Crippen LogP) is 1.63. The molecule has 0 spiro atoms. The maximum atomic E-state index is 10.4. The van der Waals surface area contributed by atoms with Gasteiger partial charge in [0.05, 0.1) is 5.69 Å². The average Bonchev–Trinajstić information content (AvgIpc) is 2.65.